The van der Waals surface area contributed by atoms with E-state index in [4.69, 9.17) is 0 Å². The number of nitrogens with zero attached hydrogens (tertiary/aromatic N) is 4. The lowest BCUT2D eigenvalue weighted by Gasteiger charge is -2.23. The highest BCUT2D eigenvalue weighted by molar-refractivity contribution is 9.09. The number of alkyl halides is 1. The van der Waals surface area contributed by atoms with Crippen molar-refractivity contribution in [1.29, 1.82) is 0 Å². The van der Waals surface area contributed by atoms with Crippen LogP contribution in [0.5, 0.6) is 0 Å². The summed E-state index contributed by atoms with van der Waals surface area (Å²) >= 11 is 3.62. The third-order valence-electron chi connectivity index (χ3n) is 5.27. The Balaban J connectivity index is 1.71. The number of hydrogen-bond acceptors (Lipinski definition) is 4. The van der Waals surface area contributed by atoms with E-state index in [9.17, 15) is 9.59 Å². The quantitative estimate of drug-likeness (QED) is 0.423. The van der Waals surface area contributed by atoms with Crippen LogP contribution in [-0.4, -0.2) is 35.1 Å². The summed E-state index contributed by atoms with van der Waals surface area (Å²) in [6.45, 7) is 4.73. The average Bonchev–Trinajstić information content (AvgIpc) is 3.30. The molecule has 0 saturated carbocycles. The van der Waals surface area contributed by atoms with Gasteiger partial charge in [-0.25, -0.2) is 23.9 Å². The smallest absolute Gasteiger partial charge is 0.246 e. The Morgan fingerprint density at radius 2 is 1.80 bits per heavy atom. The molecule has 0 radical (unpaired) electrons. The van der Waals surface area contributed by atoms with E-state index in [1.165, 1.54) is 11.7 Å². The first kappa shape index (κ1) is 20.3. The summed E-state index contributed by atoms with van der Waals surface area (Å²) in [7, 11) is 1.46. The van der Waals surface area contributed by atoms with E-state index in [1.54, 1.807) is 0 Å². The summed E-state index contributed by atoms with van der Waals surface area (Å²) < 4.78 is 2.36. The number of aromatic amines is 2. The van der Waals surface area contributed by atoms with Gasteiger partial charge in [0, 0.05) is 12.4 Å². The summed E-state index contributed by atoms with van der Waals surface area (Å²) in [5.74, 6) is 0. The molecule has 0 saturated heterocycles. The van der Waals surface area contributed by atoms with Gasteiger partial charge in [0.15, 0.2) is 0 Å². The van der Waals surface area contributed by atoms with Crippen molar-refractivity contribution in [2.45, 2.75) is 26.8 Å². The number of halogens is 1. The van der Waals surface area contributed by atoms with Crippen molar-refractivity contribution >= 4 is 27.0 Å². The van der Waals surface area contributed by atoms with Crippen LogP contribution >= 0.6 is 15.9 Å². The average molecular weight is 471 g/mol. The minimum atomic E-state index is -0.420. The molecule has 0 bridgehead atoms. The molecule has 2 N–H and O–H groups in total. The molecule has 2 heterocycles. The first-order chi connectivity index (χ1) is 14.3. The lowest BCUT2D eigenvalue weighted by Crippen LogP contribution is -2.26. The van der Waals surface area contributed by atoms with Gasteiger partial charge >= 0.3 is 11.4 Å². The zero-order chi connectivity index (χ0) is 21.5. The van der Waals surface area contributed by atoms with E-state index in [2.05, 4.69) is 56.4 Å². The number of hydrogen-bond donors (Lipinski definition) is 2. The zero-order valence-electron chi connectivity index (χ0n) is 17.1. The summed E-state index contributed by atoms with van der Waals surface area (Å²) in [4.78, 5) is 23.7. The molecule has 0 amide bonds. The molecule has 4 rings (SSSR count). The number of nitrogens with one attached hydrogen (secondary N) is 2. The highest BCUT2D eigenvalue weighted by Gasteiger charge is 2.22. The van der Waals surface area contributed by atoms with Crippen LogP contribution < -0.4 is 11.4 Å². The fourth-order valence-electron chi connectivity index (χ4n) is 3.53. The third kappa shape index (κ3) is 3.77. The van der Waals surface area contributed by atoms with Gasteiger partial charge in [-0.05, 0) is 40.2 Å². The molecule has 0 fully saturated rings. The topological polar surface area (TPSA) is 101 Å². The maximum absolute atomic E-state index is 12.1. The lowest BCUT2D eigenvalue weighted by molar-refractivity contribution is 0.426. The minimum Gasteiger partial charge on any atom is -0.246 e. The maximum atomic E-state index is 12.1. The molecule has 4 aromatic rings. The number of rotatable bonds is 6. The Morgan fingerprint density at radius 1 is 1.07 bits per heavy atom. The van der Waals surface area contributed by atoms with E-state index in [-0.39, 0.29) is 11.1 Å². The van der Waals surface area contributed by atoms with Gasteiger partial charge < -0.3 is 0 Å². The number of benzene rings is 2. The van der Waals surface area contributed by atoms with Crippen LogP contribution in [0.25, 0.3) is 22.2 Å². The van der Waals surface area contributed by atoms with Gasteiger partial charge in [-0.1, -0.05) is 60.1 Å². The molecule has 8 nitrogen and oxygen atoms in total. The van der Waals surface area contributed by atoms with Gasteiger partial charge in [-0.3, -0.25) is 0 Å². The standard InChI is InChI=1S/C21H23BrN6O2/c1-21(2,12-22)10-16-15(8-9-17-18(16)24-26-23-17)14-6-4-13(5-7-14)11-28-20(30)27(3)19(29)25-28/h4-9H,10-12H2,1-3H3,(H,25,29)(H,23,24,26). The summed E-state index contributed by atoms with van der Waals surface area (Å²) in [6.07, 6.45) is 0.847. The van der Waals surface area contributed by atoms with Gasteiger partial charge in [-0.2, -0.15) is 15.4 Å². The Labute approximate surface area is 181 Å². The Bertz CT molecular complexity index is 1310. The van der Waals surface area contributed by atoms with Crippen LogP contribution in [0.1, 0.15) is 25.0 Å². The van der Waals surface area contributed by atoms with Crippen LogP contribution in [0.2, 0.25) is 0 Å². The van der Waals surface area contributed by atoms with Gasteiger partial charge in [0.1, 0.15) is 11.0 Å². The van der Waals surface area contributed by atoms with Crippen LogP contribution in [0.15, 0.2) is 46.0 Å². The third-order valence-corrected chi connectivity index (χ3v) is 6.79. The Kier molecular flexibility index (Phi) is 5.23. The molecule has 0 aliphatic heterocycles. The Morgan fingerprint density at radius 3 is 2.43 bits per heavy atom. The zero-order valence-corrected chi connectivity index (χ0v) is 18.7. The fourth-order valence-corrected chi connectivity index (χ4v) is 3.73. The van der Waals surface area contributed by atoms with E-state index >= 15 is 0 Å². The van der Waals surface area contributed by atoms with Crippen LogP contribution in [0, 0.1) is 5.41 Å². The largest absolute Gasteiger partial charge is 0.346 e. The molecule has 0 unspecified atom stereocenters. The molecular formula is C21H23BrN6O2. The molecule has 0 atom stereocenters. The molecule has 0 aliphatic rings. The summed E-state index contributed by atoms with van der Waals surface area (Å²) in [5.41, 5.74) is 5.27. The molecule has 0 aliphatic carbocycles. The maximum Gasteiger partial charge on any atom is 0.346 e. The van der Waals surface area contributed by atoms with Crippen molar-refractivity contribution < 1.29 is 0 Å². The second-order valence-electron chi connectivity index (χ2n) is 8.30. The van der Waals surface area contributed by atoms with Crippen LogP contribution in [-0.2, 0) is 20.0 Å². The first-order valence-electron chi connectivity index (χ1n) is 9.62. The van der Waals surface area contributed by atoms with Crippen molar-refractivity contribution in [3.8, 4) is 11.1 Å². The van der Waals surface area contributed by atoms with E-state index < -0.39 is 5.69 Å². The first-order valence-corrected chi connectivity index (χ1v) is 10.7. The molecule has 9 heteroatoms. The van der Waals surface area contributed by atoms with Crippen molar-refractivity contribution in [2.24, 2.45) is 12.5 Å². The summed E-state index contributed by atoms with van der Waals surface area (Å²) in [5, 5.41) is 14.8. The number of H-pyrrole nitrogens is 2. The number of fused-ring (bicyclic) bond motifs is 1. The van der Waals surface area contributed by atoms with Crippen molar-refractivity contribution in [2.75, 3.05) is 5.33 Å². The minimum absolute atomic E-state index is 0.0578. The highest BCUT2D eigenvalue weighted by atomic mass is 79.9. The van der Waals surface area contributed by atoms with Crippen molar-refractivity contribution in [3.63, 3.8) is 0 Å². The fraction of sp³-hybridized carbons (Fsp3) is 0.333. The normalized spacial score (nSPS) is 12.0. The second-order valence-corrected chi connectivity index (χ2v) is 8.86. The van der Waals surface area contributed by atoms with Crippen LogP contribution in [0.3, 0.4) is 0 Å². The van der Waals surface area contributed by atoms with Gasteiger partial charge in [0.05, 0.1) is 6.54 Å². The van der Waals surface area contributed by atoms with E-state index in [0.717, 1.165) is 49.6 Å². The molecular weight excluding hydrogens is 448 g/mol. The second kappa shape index (κ2) is 7.71. The van der Waals surface area contributed by atoms with E-state index in [0.29, 0.717) is 6.54 Å². The lowest BCUT2D eigenvalue weighted by atomic mass is 9.84. The summed E-state index contributed by atoms with van der Waals surface area (Å²) in [6, 6.07) is 12.1. The predicted octanol–water partition coefficient (Wildman–Crippen LogP) is 2.83. The van der Waals surface area contributed by atoms with Gasteiger partial charge in [-0.15, -0.1) is 0 Å². The van der Waals surface area contributed by atoms with Crippen molar-refractivity contribution in [1.82, 2.24) is 29.8 Å². The molecule has 2 aromatic heterocycles. The Hall–Kier alpha value is -2.94. The van der Waals surface area contributed by atoms with Crippen molar-refractivity contribution in [3.05, 3.63) is 68.5 Å². The predicted molar refractivity (Wildman–Crippen MR) is 120 cm³/mol. The molecule has 2 aromatic carbocycles. The monoisotopic (exact) mass is 470 g/mol. The van der Waals surface area contributed by atoms with E-state index in [1.807, 2.05) is 30.3 Å². The molecule has 0 spiro atoms. The SMILES string of the molecule is Cn1c(=O)[nH]n(Cc2ccc(-c3ccc4n[nH]nc4c3CC(C)(C)CBr)cc2)c1=O. The van der Waals surface area contributed by atoms with Gasteiger partial charge in [0.2, 0.25) is 0 Å². The number of aromatic nitrogens is 6. The molecule has 156 valence electrons. The van der Waals surface area contributed by atoms with Gasteiger partial charge in [0.25, 0.3) is 0 Å². The highest BCUT2D eigenvalue weighted by Crippen LogP contribution is 2.34. The van der Waals surface area contributed by atoms with Crippen LogP contribution in [0.4, 0.5) is 0 Å². The molecule has 30 heavy (non-hydrogen) atoms.